The zero-order chi connectivity index (χ0) is 43.9. The quantitative estimate of drug-likeness (QED) is 0.0714. The lowest BCUT2D eigenvalue weighted by Gasteiger charge is -2.18. The molecule has 17 heteroatoms. The molecule has 5 aromatic carbocycles. The smallest absolute Gasteiger partial charge is 0.339 e. The zero-order valence-electron chi connectivity index (χ0n) is 32.6. The number of H-pyrrole nitrogens is 1. The number of aromatic carboxylic acids is 1. The van der Waals surface area contributed by atoms with Gasteiger partial charge in [0.1, 0.15) is 22.9 Å². The molecule has 0 radical (unpaired) electrons. The van der Waals surface area contributed by atoms with Crippen molar-refractivity contribution in [3.8, 4) is 52.2 Å². The number of aromatic hydroxyl groups is 2. The number of carbonyl (C=O) groups is 4. The van der Waals surface area contributed by atoms with Crippen LogP contribution in [-0.4, -0.2) is 74.7 Å². The number of carboxylic acids is 1. The number of ether oxygens (including phenoxy) is 2. The van der Waals surface area contributed by atoms with E-state index in [-0.39, 0.29) is 40.5 Å². The lowest BCUT2D eigenvalue weighted by Crippen LogP contribution is -2.45. The van der Waals surface area contributed by atoms with E-state index in [1.165, 1.54) is 38.6 Å². The summed E-state index contributed by atoms with van der Waals surface area (Å²) in [6.45, 7) is 0. The van der Waals surface area contributed by atoms with E-state index in [1.54, 1.807) is 72.8 Å². The van der Waals surface area contributed by atoms with Crippen molar-refractivity contribution in [2.45, 2.75) is 12.5 Å². The average molecular weight is 832 g/mol. The molecule has 0 saturated heterocycles. The first-order valence-corrected chi connectivity index (χ1v) is 18.4. The molecule has 0 aliphatic heterocycles. The number of benzene rings is 5. The molecule has 7 N–H and O–H groups in total. The minimum atomic E-state index is -1.40. The van der Waals surface area contributed by atoms with Crippen molar-refractivity contribution in [1.29, 1.82) is 5.26 Å². The van der Waals surface area contributed by atoms with E-state index < -0.39 is 46.8 Å². The number of phenolic OH excluding ortho intramolecular Hbond substituents is 1. The standard InChI is InChI=1S/C45H33N7O10/c1-60-40-31(15-16-32(38(40)53)43(56)49-34-18-17-33(45(58)59)39(54)41(34)61-2)37-19-28-13-14-29(21-36(28)62-37)48-44(57)35(20-30-23-47-52-51-30)50-42(55)27-11-9-25(10-12-27)4-3-24-5-7-26(22-46)8-6-24/h5-19,21,23,35,53-54H,20H2,1-2H3,(H,48,57)(H,49,56)(H,50,55)(H,58,59)(H,47,51,52)/t35-/m0/s1. The number of carboxylic acid groups (broad SMARTS) is 1. The van der Waals surface area contributed by atoms with Crippen LogP contribution in [0.15, 0.2) is 108 Å². The Hall–Kier alpha value is -9.09. The number of hydrogen-bond donors (Lipinski definition) is 7. The van der Waals surface area contributed by atoms with E-state index in [1.807, 2.05) is 0 Å². The van der Waals surface area contributed by atoms with Crippen LogP contribution in [0.3, 0.4) is 0 Å². The molecule has 3 amide bonds. The molecule has 2 aromatic heterocycles. The van der Waals surface area contributed by atoms with Crippen LogP contribution < -0.4 is 25.4 Å². The molecule has 0 fully saturated rings. The van der Waals surface area contributed by atoms with E-state index >= 15 is 0 Å². The number of nitrogens with one attached hydrogen (secondary N) is 4. The molecule has 0 unspecified atom stereocenters. The molecule has 7 rings (SSSR count). The van der Waals surface area contributed by atoms with Gasteiger partial charge in [0, 0.05) is 40.3 Å². The van der Waals surface area contributed by atoms with E-state index in [4.69, 9.17) is 19.2 Å². The number of nitriles is 1. The van der Waals surface area contributed by atoms with E-state index in [0.29, 0.717) is 39.0 Å². The fourth-order valence-electron chi connectivity index (χ4n) is 6.33. The minimum absolute atomic E-state index is 0.0136. The minimum Gasteiger partial charge on any atom is -0.504 e. The normalized spacial score (nSPS) is 11.0. The summed E-state index contributed by atoms with van der Waals surface area (Å²) in [6.07, 6.45) is 1.46. The summed E-state index contributed by atoms with van der Waals surface area (Å²) in [5, 5.41) is 58.9. The molecule has 0 spiro atoms. The molecule has 1 atom stereocenters. The fraction of sp³-hybridized carbons (Fsp3) is 0.0889. The molecular formula is C45H33N7O10. The van der Waals surface area contributed by atoms with Gasteiger partial charge in [-0.05, 0) is 91.0 Å². The van der Waals surface area contributed by atoms with E-state index in [9.17, 15) is 34.5 Å². The number of furan rings is 1. The molecule has 0 aliphatic carbocycles. The Labute approximate surface area is 351 Å². The number of hydrogen-bond acceptors (Lipinski definition) is 12. The SMILES string of the molecule is COc1c(NC(=O)c2ccc(-c3cc4ccc(NC(=O)[C@H](Cc5cn[nH]n5)NC(=O)c5ccc(C#Cc6ccc(C#N)cc6)cc5)cc4o3)c(OC)c2O)ccc(C(=O)O)c1O. The van der Waals surface area contributed by atoms with Crippen molar-refractivity contribution < 1.29 is 48.4 Å². The lowest BCUT2D eigenvalue weighted by atomic mass is 10.0. The highest BCUT2D eigenvalue weighted by Gasteiger charge is 2.26. The maximum Gasteiger partial charge on any atom is 0.339 e. The first kappa shape index (κ1) is 41.1. The maximum absolute atomic E-state index is 13.7. The van der Waals surface area contributed by atoms with Crippen LogP contribution in [0.4, 0.5) is 11.4 Å². The van der Waals surface area contributed by atoms with Gasteiger partial charge in [-0.15, -0.1) is 0 Å². The predicted molar refractivity (Wildman–Crippen MR) is 223 cm³/mol. The summed E-state index contributed by atoms with van der Waals surface area (Å²) >= 11 is 0. The van der Waals surface area contributed by atoms with E-state index in [0.717, 1.165) is 11.6 Å². The van der Waals surface area contributed by atoms with Crippen molar-refractivity contribution in [2.75, 3.05) is 24.9 Å². The number of aromatic amines is 1. The fourth-order valence-corrected chi connectivity index (χ4v) is 6.33. The molecule has 0 aliphatic rings. The van der Waals surface area contributed by atoms with Crippen LogP contribution in [0.5, 0.6) is 23.0 Å². The molecule has 2 heterocycles. The molecule has 62 heavy (non-hydrogen) atoms. The third-order valence-corrected chi connectivity index (χ3v) is 9.46. The number of amides is 3. The number of anilines is 2. The summed E-state index contributed by atoms with van der Waals surface area (Å²) in [7, 11) is 2.48. The summed E-state index contributed by atoms with van der Waals surface area (Å²) < 4.78 is 16.7. The van der Waals surface area contributed by atoms with Crippen LogP contribution in [-0.2, 0) is 11.2 Å². The third-order valence-electron chi connectivity index (χ3n) is 9.46. The zero-order valence-corrected chi connectivity index (χ0v) is 32.6. The van der Waals surface area contributed by atoms with Gasteiger partial charge in [-0.2, -0.15) is 20.7 Å². The summed E-state index contributed by atoms with van der Waals surface area (Å²) in [4.78, 5) is 51.8. The van der Waals surface area contributed by atoms with Gasteiger partial charge in [-0.25, -0.2) is 4.79 Å². The van der Waals surface area contributed by atoms with E-state index in [2.05, 4.69) is 49.3 Å². The topological polar surface area (TPSA) is 262 Å². The number of phenols is 2. The number of nitrogens with zero attached hydrogens (tertiary/aromatic N) is 3. The van der Waals surface area contributed by atoms with Gasteiger partial charge in [0.05, 0.1) is 54.6 Å². The molecule has 0 bridgehead atoms. The van der Waals surface area contributed by atoms with Crippen LogP contribution in [0.1, 0.15) is 53.5 Å². The summed E-state index contributed by atoms with van der Waals surface area (Å²) in [5.74, 6) is 1.39. The number of carbonyl (C=O) groups excluding carboxylic acids is 3. The van der Waals surface area contributed by atoms with Gasteiger partial charge in [0.25, 0.3) is 11.8 Å². The molecule has 17 nitrogen and oxygen atoms in total. The second kappa shape index (κ2) is 17.8. The summed E-state index contributed by atoms with van der Waals surface area (Å²) in [5.41, 5.74) is 2.90. The Morgan fingerprint density at radius 3 is 2.10 bits per heavy atom. The number of methoxy groups -OCH3 is 2. The van der Waals surface area contributed by atoms with Crippen molar-refractivity contribution in [1.82, 2.24) is 20.7 Å². The Balaban J connectivity index is 1.06. The number of fused-ring (bicyclic) bond motifs is 1. The Bertz CT molecular complexity index is 2960. The van der Waals surface area contributed by atoms with Crippen LogP contribution in [0.2, 0.25) is 0 Å². The monoisotopic (exact) mass is 831 g/mol. The van der Waals surface area contributed by atoms with Crippen LogP contribution in [0, 0.1) is 23.2 Å². The van der Waals surface area contributed by atoms with Gasteiger partial charge in [-0.1, -0.05) is 11.8 Å². The predicted octanol–water partition coefficient (Wildman–Crippen LogP) is 5.85. The van der Waals surface area contributed by atoms with Crippen molar-refractivity contribution >= 4 is 46.0 Å². The Morgan fingerprint density at radius 2 is 1.45 bits per heavy atom. The van der Waals surface area contributed by atoms with Gasteiger partial charge in [0.15, 0.2) is 23.0 Å². The average Bonchev–Trinajstić information content (AvgIpc) is 3.95. The van der Waals surface area contributed by atoms with Gasteiger partial charge < -0.3 is 45.2 Å². The highest BCUT2D eigenvalue weighted by atomic mass is 16.5. The Kier molecular flexibility index (Phi) is 11.8. The van der Waals surface area contributed by atoms with Crippen molar-refractivity contribution in [3.05, 3.63) is 142 Å². The summed E-state index contributed by atoms with van der Waals surface area (Å²) in [6, 6.07) is 26.1. The lowest BCUT2D eigenvalue weighted by molar-refractivity contribution is -0.118. The largest absolute Gasteiger partial charge is 0.504 e. The third kappa shape index (κ3) is 8.82. The first-order chi connectivity index (χ1) is 30.0. The highest BCUT2D eigenvalue weighted by Crippen LogP contribution is 2.43. The highest BCUT2D eigenvalue weighted by molar-refractivity contribution is 6.09. The number of rotatable bonds is 12. The second-order valence-corrected chi connectivity index (χ2v) is 13.4. The van der Waals surface area contributed by atoms with Gasteiger partial charge in [-0.3, -0.25) is 14.4 Å². The second-order valence-electron chi connectivity index (χ2n) is 13.4. The molecular weight excluding hydrogens is 799 g/mol. The van der Waals surface area contributed by atoms with Crippen LogP contribution in [0.25, 0.3) is 22.3 Å². The van der Waals surface area contributed by atoms with Crippen molar-refractivity contribution in [3.63, 3.8) is 0 Å². The Morgan fingerprint density at radius 1 is 0.790 bits per heavy atom. The molecule has 308 valence electrons. The molecule has 7 aromatic rings. The van der Waals surface area contributed by atoms with Gasteiger partial charge in [0.2, 0.25) is 5.91 Å². The van der Waals surface area contributed by atoms with Crippen molar-refractivity contribution in [2.24, 2.45) is 0 Å². The maximum atomic E-state index is 13.7. The molecule has 0 saturated carbocycles. The van der Waals surface area contributed by atoms with Crippen LogP contribution >= 0.6 is 0 Å². The first-order valence-electron chi connectivity index (χ1n) is 18.4. The number of aromatic nitrogens is 3. The van der Waals surface area contributed by atoms with Gasteiger partial charge >= 0.3 is 5.97 Å².